The first kappa shape index (κ1) is 24.9. The van der Waals surface area contributed by atoms with Crippen molar-refractivity contribution < 1.29 is 9.53 Å². The van der Waals surface area contributed by atoms with Gasteiger partial charge in [-0.25, -0.2) is 5.43 Å². The summed E-state index contributed by atoms with van der Waals surface area (Å²) in [5.74, 6) is 0.145. The molecule has 4 aromatic rings. The maximum Gasteiger partial charge on any atom is 0.277 e. The van der Waals surface area contributed by atoms with Crippen molar-refractivity contribution in [2.24, 2.45) is 5.10 Å². The number of hydrogen-bond donors (Lipinski definition) is 1. The fraction of sp³-hybridized carbons (Fsp3) is 0.160. The molecule has 174 valence electrons. The molecule has 2 aromatic heterocycles. The van der Waals surface area contributed by atoms with Crippen LogP contribution in [0.3, 0.4) is 0 Å². The fourth-order valence-electron chi connectivity index (χ4n) is 3.71. The quantitative estimate of drug-likeness (QED) is 0.140. The number of aromatic nitrogens is 2. The summed E-state index contributed by atoms with van der Waals surface area (Å²) in [6.07, 6.45) is 3.34. The van der Waals surface area contributed by atoms with E-state index in [1.165, 1.54) is 9.13 Å². The average Bonchev–Trinajstić information content (AvgIpc) is 3.08. The first-order valence-corrected chi connectivity index (χ1v) is 13.1. The number of hydrogen-bond acceptors (Lipinski definition) is 4. The first-order valence-electron chi connectivity index (χ1n) is 10.4. The van der Waals surface area contributed by atoms with Gasteiger partial charge in [0.25, 0.3) is 5.91 Å². The number of carbonyl (C=O) groups is 1. The number of carbonyl (C=O) groups excluding carboxylic acids is 1. The molecule has 0 atom stereocenters. The number of pyridine rings is 1. The lowest BCUT2D eigenvalue weighted by Crippen LogP contribution is -2.24. The topological polar surface area (TPSA) is 68.5 Å². The zero-order valence-electron chi connectivity index (χ0n) is 18.7. The van der Waals surface area contributed by atoms with Crippen molar-refractivity contribution in [1.29, 1.82) is 0 Å². The molecule has 6 nitrogen and oxygen atoms in total. The highest BCUT2D eigenvalue weighted by Crippen LogP contribution is 2.37. The summed E-state index contributed by atoms with van der Waals surface area (Å²) in [5, 5.41) is 5.04. The molecular weight excluding hydrogens is 675 g/mol. The molecule has 0 aliphatic carbocycles. The molecule has 0 aliphatic rings. The van der Waals surface area contributed by atoms with Gasteiger partial charge in [0, 0.05) is 42.3 Å². The zero-order valence-corrected chi connectivity index (χ0v) is 24.0. The van der Waals surface area contributed by atoms with Gasteiger partial charge in [-0.3, -0.25) is 9.78 Å². The van der Waals surface area contributed by atoms with Crippen LogP contribution in [0.4, 0.5) is 0 Å². The minimum atomic E-state index is -0.364. The van der Waals surface area contributed by atoms with Crippen molar-refractivity contribution in [3.8, 4) is 11.4 Å². The predicted molar refractivity (Wildman–Crippen MR) is 151 cm³/mol. The van der Waals surface area contributed by atoms with Crippen molar-refractivity contribution in [3.63, 3.8) is 0 Å². The Morgan fingerprint density at radius 1 is 1.18 bits per heavy atom. The Hall–Kier alpha value is -2.24. The van der Waals surface area contributed by atoms with E-state index in [1.807, 2.05) is 31.2 Å². The van der Waals surface area contributed by atoms with Gasteiger partial charge in [-0.15, -0.1) is 0 Å². The van der Waals surface area contributed by atoms with Gasteiger partial charge >= 0.3 is 0 Å². The van der Waals surface area contributed by atoms with E-state index in [2.05, 4.69) is 107 Å². The lowest BCUT2D eigenvalue weighted by Gasteiger charge is -2.11. The number of nitrogens with one attached hydrogen (secondary N) is 1. The molecule has 0 bridgehead atoms. The van der Waals surface area contributed by atoms with Crippen LogP contribution in [-0.2, 0) is 4.79 Å². The summed E-state index contributed by atoms with van der Waals surface area (Å²) in [6, 6.07) is 14.1. The highest BCUT2D eigenvalue weighted by Gasteiger charge is 2.14. The summed E-state index contributed by atoms with van der Waals surface area (Å²) < 4.78 is 10.8. The third-order valence-corrected chi connectivity index (χ3v) is 7.82. The van der Waals surface area contributed by atoms with Crippen LogP contribution >= 0.6 is 54.5 Å². The summed E-state index contributed by atoms with van der Waals surface area (Å²) in [4.78, 5) is 16.8. The molecule has 9 heteroatoms. The van der Waals surface area contributed by atoms with Crippen LogP contribution in [0.5, 0.6) is 5.75 Å². The molecule has 1 N–H and O–H groups in total. The van der Waals surface area contributed by atoms with Crippen LogP contribution in [0.15, 0.2) is 62.7 Å². The Kier molecular flexibility index (Phi) is 7.73. The van der Waals surface area contributed by atoms with Crippen LogP contribution in [-0.4, -0.2) is 28.3 Å². The second kappa shape index (κ2) is 10.6. The zero-order chi connectivity index (χ0) is 24.4. The molecule has 2 heterocycles. The molecule has 0 saturated carbocycles. The Labute approximate surface area is 228 Å². The van der Waals surface area contributed by atoms with Gasteiger partial charge in [0.2, 0.25) is 0 Å². The summed E-state index contributed by atoms with van der Waals surface area (Å²) >= 11 is 9.35. The normalized spacial score (nSPS) is 11.4. The van der Waals surface area contributed by atoms with Gasteiger partial charge in [0.15, 0.2) is 12.4 Å². The van der Waals surface area contributed by atoms with E-state index in [1.54, 1.807) is 12.4 Å². The molecule has 0 spiro atoms. The summed E-state index contributed by atoms with van der Waals surface area (Å²) in [6.45, 7) is 6.00. The van der Waals surface area contributed by atoms with Crippen molar-refractivity contribution in [1.82, 2.24) is 15.0 Å². The van der Waals surface area contributed by atoms with Gasteiger partial charge in [0.1, 0.15) is 5.52 Å². The average molecular weight is 696 g/mol. The number of hydrazone groups is 1. The molecule has 4 rings (SSSR count). The number of fused-ring (bicyclic) bond motifs is 1. The van der Waals surface area contributed by atoms with E-state index in [4.69, 9.17) is 4.74 Å². The van der Waals surface area contributed by atoms with Crippen LogP contribution < -0.4 is 10.2 Å². The second-order valence-corrected chi connectivity index (χ2v) is 10.6. The molecule has 0 saturated heterocycles. The number of nitrogens with zero attached hydrogens (tertiary/aromatic N) is 3. The standard InChI is InChI=1S/C25H21Br2IN4O2/c1-14-9-18(6-7-22(14)28)32-15(2)10-17(16(32)3)12-30-31-23(33)13-34-25-21(27)11-20(26)19-5-4-8-29-24(19)25/h4-12H,13H2,1-3H3,(H,31,33)/b30-12+. The highest BCUT2D eigenvalue weighted by atomic mass is 127. The number of benzene rings is 2. The number of halogens is 3. The van der Waals surface area contributed by atoms with Gasteiger partial charge in [-0.2, -0.15) is 5.10 Å². The van der Waals surface area contributed by atoms with E-state index in [0.29, 0.717) is 15.7 Å². The van der Waals surface area contributed by atoms with E-state index in [-0.39, 0.29) is 12.5 Å². The fourth-order valence-corrected chi connectivity index (χ4v) is 5.43. The van der Waals surface area contributed by atoms with Gasteiger partial charge in [-0.1, -0.05) is 22.0 Å². The minimum Gasteiger partial charge on any atom is -0.480 e. The number of amides is 1. The smallest absolute Gasteiger partial charge is 0.277 e. The largest absolute Gasteiger partial charge is 0.480 e. The van der Waals surface area contributed by atoms with Crippen LogP contribution in [0.1, 0.15) is 22.5 Å². The SMILES string of the molecule is Cc1cc(-n2c(C)cc(/C=N/NC(=O)COc3c(Br)cc(Br)c4cccnc34)c2C)ccc1I. The lowest BCUT2D eigenvalue weighted by molar-refractivity contribution is -0.123. The second-order valence-electron chi connectivity index (χ2n) is 7.75. The number of aryl methyl sites for hydroxylation is 2. The molecular formula is C25H21Br2IN4O2. The van der Waals surface area contributed by atoms with Crippen molar-refractivity contribution in [2.45, 2.75) is 20.8 Å². The minimum absolute atomic E-state index is 0.190. The molecule has 1 amide bonds. The molecule has 0 radical (unpaired) electrons. The first-order chi connectivity index (χ1) is 16.3. The third kappa shape index (κ3) is 5.21. The summed E-state index contributed by atoms with van der Waals surface area (Å²) in [5.41, 5.74) is 8.61. The molecule has 34 heavy (non-hydrogen) atoms. The Morgan fingerprint density at radius 2 is 1.97 bits per heavy atom. The van der Waals surface area contributed by atoms with Crippen molar-refractivity contribution >= 4 is 77.5 Å². The molecule has 0 fully saturated rings. The Morgan fingerprint density at radius 3 is 2.74 bits per heavy atom. The summed E-state index contributed by atoms with van der Waals surface area (Å²) in [7, 11) is 0. The maximum atomic E-state index is 12.4. The van der Waals surface area contributed by atoms with Crippen LogP contribution in [0, 0.1) is 24.3 Å². The van der Waals surface area contributed by atoms with E-state index in [9.17, 15) is 4.79 Å². The third-order valence-electron chi connectivity index (χ3n) is 5.36. The number of ether oxygens (including phenoxy) is 1. The maximum absolute atomic E-state index is 12.4. The Balaban J connectivity index is 1.44. The van der Waals surface area contributed by atoms with E-state index < -0.39 is 0 Å². The predicted octanol–water partition coefficient (Wildman–Crippen LogP) is 6.61. The van der Waals surface area contributed by atoms with E-state index >= 15 is 0 Å². The van der Waals surface area contributed by atoms with Gasteiger partial charge in [-0.05, 0) is 101 Å². The van der Waals surface area contributed by atoms with Crippen molar-refractivity contribution in [2.75, 3.05) is 6.61 Å². The lowest BCUT2D eigenvalue weighted by atomic mass is 10.2. The highest BCUT2D eigenvalue weighted by molar-refractivity contribution is 14.1. The van der Waals surface area contributed by atoms with Crippen LogP contribution in [0.2, 0.25) is 0 Å². The number of rotatable bonds is 6. The van der Waals surface area contributed by atoms with Gasteiger partial charge < -0.3 is 9.30 Å². The van der Waals surface area contributed by atoms with Crippen LogP contribution in [0.25, 0.3) is 16.6 Å². The molecule has 0 aliphatic heterocycles. The van der Waals surface area contributed by atoms with Crippen molar-refractivity contribution in [3.05, 3.63) is 83.7 Å². The van der Waals surface area contributed by atoms with E-state index in [0.717, 1.165) is 32.5 Å². The Bertz CT molecular complexity index is 1430. The van der Waals surface area contributed by atoms with Gasteiger partial charge in [0.05, 0.1) is 10.7 Å². The molecule has 0 unspecified atom stereocenters. The monoisotopic (exact) mass is 694 g/mol. The molecule has 2 aromatic carbocycles.